The first-order valence-corrected chi connectivity index (χ1v) is 11.0. The van der Waals surface area contributed by atoms with Gasteiger partial charge in [0.15, 0.2) is 0 Å². The Morgan fingerprint density at radius 2 is 1.47 bits per heavy atom. The van der Waals surface area contributed by atoms with E-state index in [4.69, 9.17) is 0 Å². The van der Waals surface area contributed by atoms with Crippen LogP contribution in [0.25, 0.3) is 0 Å². The van der Waals surface area contributed by atoms with Crippen molar-refractivity contribution in [3.8, 4) is 0 Å². The summed E-state index contributed by atoms with van der Waals surface area (Å²) in [5, 5.41) is 2.91. The van der Waals surface area contributed by atoms with Crippen molar-refractivity contribution in [2.45, 2.75) is 19.9 Å². The van der Waals surface area contributed by atoms with Gasteiger partial charge in [0.25, 0.3) is 5.91 Å². The number of benzene rings is 4. The maximum absolute atomic E-state index is 13.4. The lowest BCUT2D eigenvalue weighted by atomic mass is 10.1. The molecular weight excluding hydrogens is 427 g/mol. The van der Waals surface area contributed by atoms with Crippen LogP contribution in [0.15, 0.2) is 103 Å². The van der Waals surface area contributed by atoms with Crippen LogP contribution in [0.5, 0.6) is 0 Å². The first-order valence-electron chi connectivity index (χ1n) is 11.0. The van der Waals surface area contributed by atoms with Crippen molar-refractivity contribution in [3.05, 3.63) is 131 Å². The summed E-state index contributed by atoms with van der Waals surface area (Å²) in [6, 6.07) is 30.2. The van der Waals surface area contributed by atoms with E-state index in [0.29, 0.717) is 17.8 Å². The molecule has 0 atom stereocenters. The molecule has 34 heavy (non-hydrogen) atoms. The Kier molecular flexibility index (Phi) is 7.13. The molecule has 0 unspecified atom stereocenters. The monoisotopic (exact) mass is 452 g/mol. The van der Waals surface area contributed by atoms with E-state index < -0.39 is 0 Å². The molecule has 0 radical (unpaired) electrons. The number of halogens is 1. The standard InChI is InChI=1S/C29H25FN2O2/c1-21-6-5-9-26(18-21)31-28(33)19-22-12-16-27(17-13-22)32(20-23-10-14-25(30)15-11-23)29(34)24-7-3-2-4-8-24/h2-18H,19-20H2,1H3,(H,31,33). The third-order valence-electron chi connectivity index (χ3n) is 5.43. The number of anilines is 2. The van der Waals surface area contributed by atoms with Crippen molar-refractivity contribution in [1.82, 2.24) is 0 Å². The second kappa shape index (κ2) is 10.6. The summed E-state index contributed by atoms with van der Waals surface area (Å²) in [6.07, 6.45) is 0.221. The van der Waals surface area contributed by atoms with E-state index in [9.17, 15) is 14.0 Å². The minimum Gasteiger partial charge on any atom is -0.326 e. The molecule has 170 valence electrons. The molecule has 0 spiro atoms. The maximum atomic E-state index is 13.4. The third-order valence-corrected chi connectivity index (χ3v) is 5.43. The first kappa shape index (κ1) is 22.9. The molecule has 0 heterocycles. The summed E-state index contributed by atoms with van der Waals surface area (Å²) in [6.45, 7) is 2.27. The smallest absolute Gasteiger partial charge is 0.258 e. The Hall–Kier alpha value is -4.25. The molecule has 0 saturated heterocycles. The van der Waals surface area contributed by atoms with Gasteiger partial charge >= 0.3 is 0 Å². The van der Waals surface area contributed by atoms with Gasteiger partial charge in [0.1, 0.15) is 5.82 Å². The fourth-order valence-corrected chi connectivity index (χ4v) is 3.70. The lowest BCUT2D eigenvalue weighted by molar-refractivity contribution is -0.115. The van der Waals surface area contributed by atoms with Crippen molar-refractivity contribution >= 4 is 23.2 Å². The Labute approximate surface area is 198 Å². The third kappa shape index (κ3) is 5.95. The van der Waals surface area contributed by atoms with Gasteiger partial charge in [-0.2, -0.15) is 0 Å². The molecule has 2 amide bonds. The van der Waals surface area contributed by atoms with E-state index >= 15 is 0 Å². The Morgan fingerprint density at radius 1 is 0.794 bits per heavy atom. The quantitative estimate of drug-likeness (QED) is 0.365. The van der Waals surface area contributed by atoms with Crippen LogP contribution < -0.4 is 10.2 Å². The molecule has 4 nitrogen and oxygen atoms in total. The SMILES string of the molecule is Cc1cccc(NC(=O)Cc2ccc(N(Cc3ccc(F)cc3)C(=O)c3ccccc3)cc2)c1. The van der Waals surface area contributed by atoms with E-state index in [1.165, 1.54) is 12.1 Å². The van der Waals surface area contributed by atoms with E-state index in [1.807, 2.05) is 73.7 Å². The fraction of sp³-hybridized carbons (Fsp3) is 0.103. The number of rotatable bonds is 7. The predicted molar refractivity (Wildman–Crippen MR) is 133 cm³/mol. The molecule has 0 saturated carbocycles. The Balaban J connectivity index is 1.52. The number of amides is 2. The minimum atomic E-state index is -0.321. The second-order valence-corrected chi connectivity index (χ2v) is 8.14. The molecule has 0 aromatic heterocycles. The fourth-order valence-electron chi connectivity index (χ4n) is 3.70. The van der Waals surface area contributed by atoms with E-state index in [1.54, 1.807) is 29.2 Å². The number of hydrogen-bond acceptors (Lipinski definition) is 2. The van der Waals surface area contributed by atoms with Gasteiger partial charge in [-0.1, -0.05) is 54.6 Å². The summed E-state index contributed by atoms with van der Waals surface area (Å²) in [7, 11) is 0. The van der Waals surface area contributed by atoms with Gasteiger partial charge in [-0.3, -0.25) is 9.59 Å². The van der Waals surface area contributed by atoms with E-state index in [2.05, 4.69) is 5.32 Å². The highest BCUT2D eigenvalue weighted by atomic mass is 19.1. The lowest BCUT2D eigenvalue weighted by Gasteiger charge is -2.23. The zero-order valence-electron chi connectivity index (χ0n) is 18.9. The largest absolute Gasteiger partial charge is 0.326 e. The number of aryl methyl sites for hydroxylation is 1. The first-order chi connectivity index (χ1) is 16.5. The molecule has 1 N–H and O–H groups in total. The number of nitrogens with one attached hydrogen (secondary N) is 1. The highest BCUT2D eigenvalue weighted by Crippen LogP contribution is 2.22. The molecule has 0 aliphatic carbocycles. The van der Waals surface area contributed by atoms with Gasteiger partial charge in [0, 0.05) is 16.9 Å². The van der Waals surface area contributed by atoms with Gasteiger partial charge in [-0.25, -0.2) is 4.39 Å². The summed E-state index contributed by atoms with van der Waals surface area (Å²) in [4.78, 5) is 27.4. The molecule has 4 rings (SSSR count). The number of hydrogen-bond donors (Lipinski definition) is 1. The zero-order valence-corrected chi connectivity index (χ0v) is 18.9. The molecule has 0 aliphatic rings. The van der Waals surface area contributed by atoms with Crippen LogP contribution >= 0.6 is 0 Å². The second-order valence-electron chi connectivity index (χ2n) is 8.14. The molecule has 0 bridgehead atoms. The van der Waals surface area contributed by atoms with Gasteiger partial charge < -0.3 is 10.2 Å². The summed E-state index contributed by atoms with van der Waals surface area (Å²) in [5.74, 6) is -0.588. The average Bonchev–Trinajstić information content (AvgIpc) is 2.84. The maximum Gasteiger partial charge on any atom is 0.258 e. The van der Waals surface area contributed by atoms with Crippen LogP contribution in [0.2, 0.25) is 0 Å². The van der Waals surface area contributed by atoms with Gasteiger partial charge in [0.05, 0.1) is 13.0 Å². The van der Waals surface area contributed by atoms with Crippen LogP contribution in [-0.2, 0) is 17.8 Å². The Morgan fingerprint density at radius 3 is 2.15 bits per heavy atom. The van der Waals surface area contributed by atoms with Crippen LogP contribution in [-0.4, -0.2) is 11.8 Å². The molecule has 0 fully saturated rings. The van der Waals surface area contributed by atoms with E-state index in [-0.39, 0.29) is 24.1 Å². The summed E-state index contributed by atoms with van der Waals surface area (Å²) >= 11 is 0. The Bertz CT molecular complexity index is 1270. The predicted octanol–water partition coefficient (Wildman–Crippen LogP) is 6.16. The minimum absolute atomic E-state index is 0.109. The van der Waals surface area contributed by atoms with Crippen molar-refractivity contribution in [1.29, 1.82) is 0 Å². The van der Waals surface area contributed by atoms with Crippen molar-refractivity contribution in [2.75, 3.05) is 10.2 Å². The van der Waals surface area contributed by atoms with E-state index in [0.717, 1.165) is 22.4 Å². The van der Waals surface area contributed by atoms with Crippen LogP contribution in [0.4, 0.5) is 15.8 Å². The van der Waals surface area contributed by atoms with Crippen LogP contribution in [0.3, 0.4) is 0 Å². The van der Waals surface area contributed by atoms with Gasteiger partial charge in [-0.05, 0) is 72.1 Å². The highest BCUT2D eigenvalue weighted by Gasteiger charge is 2.18. The average molecular weight is 453 g/mol. The van der Waals surface area contributed by atoms with Crippen molar-refractivity contribution < 1.29 is 14.0 Å². The molecule has 4 aromatic carbocycles. The van der Waals surface area contributed by atoms with Crippen molar-refractivity contribution in [3.63, 3.8) is 0 Å². The normalized spacial score (nSPS) is 10.5. The van der Waals surface area contributed by atoms with Crippen LogP contribution in [0.1, 0.15) is 27.0 Å². The molecular formula is C29H25FN2O2. The summed E-state index contributed by atoms with van der Waals surface area (Å²) < 4.78 is 13.4. The van der Waals surface area contributed by atoms with Gasteiger partial charge in [-0.15, -0.1) is 0 Å². The molecule has 0 aliphatic heterocycles. The van der Waals surface area contributed by atoms with Crippen LogP contribution in [0, 0.1) is 12.7 Å². The summed E-state index contributed by atoms with van der Waals surface area (Å²) in [5.41, 5.74) is 4.74. The molecule has 4 aromatic rings. The topological polar surface area (TPSA) is 49.4 Å². The zero-order chi connectivity index (χ0) is 23.9. The number of carbonyl (C=O) groups is 2. The van der Waals surface area contributed by atoms with Crippen molar-refractivity contribution in [2.24, 2.45) is 0 Å². The van der Waals surface area contributed by atoms with Gasteiger partial charge in [0.2, 0.25) is 5.91 Å². The number of nitrogens with zero attached hydrogens (tertiary/aromatic N) is 1. The number of carbonyl (C=O) groups excluding carboxylic acids is 2. The molecule has 5 heteroatoms. The highest BCUT2D eigenvalue weighted by molar-refractivity contribution is 6.06. The lowest BCUT2D eigenvalue weighted by Crippen LogP contribution is -2.30.